The van der Waals surface area contributed by atoms with Gasteiger partial charge in [0.15, 0.2) is 0 Å². The maximum atomic E-state index is 4.25. The Labute approximate surface area is 97.5 Å². The highest BCUT2D eigenvalue weighted by atomic mass is 79.9. The highest BCUT2D eigenvalue weighted by Crippen LogP contribution is 2.23. The van der Waals surface area contributed by atoms with Gasteiger partial charge in [-0.2, -0.15) is 0 Å². The summed E-state index contributed by atoms with van der Waals surface area (Å²) < 4.78 is 0.964. The van der Waals surface area contributed by atoms with Crippen molar-refractivity contribution in [1.82, 2.24) is 4.98 Å². The van der Waals surface area contributed by atoms with E-state index in [1.165, 1.54) is 5.56 Å². The Hall–Kier alpha value is -1.35. The average Bonchev–Trinajstić information content (AvgIpc) is 2.22. The number of anilines is 2. The number of benzene rings is 1. The van der Waals surface area contributed by atoms with Gasteiger partial charge in [0.2, 0.25) is 0 Å². The van der Waals surface area contributed by atoms with Crippen molar-refractivity contribution < 1.29 is 0 Å². The number of hydrogen-bond acceptors (Lipinski definition) is 2. The second-order valence-electron chi connectivity index (χ2n) is 3.33. The Bertz CT molecular complexity index is 469. The van der Waals surface area contributed by atoms with E-state index >= 15 is 0 Å². The van der Waals surface area contributed by atoms with E-state index in [1.54, 1.807) is 6.20 Å². The van der Waals surface area contributed by atoms with Crippen molar-refractivity contribution in [3.05, 3.63) is 52.6 Å². The maximum absolute atomic E-state index is 4.25. The largest absolute Gasteiger partial charge is 0.339 e. The lowest BCUT2D eigenvalue weighted by molar-refractivity contribution is 1.29. The normalized spacial score (nSPS) is 10.0. The molecule has 0 saturated heterocycles. The number of hydrogen-bond donors (Lipinski definition) is 1. The smallest absolute Gasteiger partial charge is 0.144 e. The van der Waals surface area contributed by atoms with Crippen molar-refractivity contribution in [2.45, 2.75) is 6.92 Å². The van der Waals surface area contributed by atoms with Crippen LogP contribution in [0.15, 0.2) is 47.1 Å². The third-order valence-electron chi connectivity index (χ3n) is 2.04. The van der Waals surface area contributed by atoms with E-state index in [0.717, 1.165) is 16.0 Å². The Morgan fingerprint density at radius 1 is 1.20 bits per heavy atom. The van der Waals surface area contributed by atoms with Crippen LogP contribution in [0.1, 0.15) is 5.56 Å². The van der Waals surface area contributed by atoms with E-state index in [9.17, 15) is 0 Å². The van der Waals surface area contributed by atoms with Gasteiger partial charge in [-0.1, -0.05) is 12.1 Å². The van der Waals surface area contributed by atoms with Crippen LogP contribution < -0.4 is 5.32 Å². The number of nitrogens with zero attached hydrogens (tertiary/aromatic N) is 1. The third-order valence-corrected chi connectivity index (χ3v) is 2.68. The lowest BCUT2D eigenvalue weighted by Gasteiger charge is -2.07. The van der Waals surface area contributed by atoms with Gasteiger partial charge >= 0.3 is 0 Å². The zero-order chi connectivity index (χ0) is 10.7. The van der Waals surface area contributed by atoms with Gasteiger partial charge in [-0.15, -0.1) is 0 Å². The fourth-order valence-electron chi connectivity index (χ4n) is 1.34. The summed E-state index contributed by atoms with van der Waals surface area (Å²) >= 11 is 3.45. The van der Waals surface area contributed by atoms with Crippen LogP contribution in [0.3, 0.4) is 0 Å². The number of pyridine rings is 1. The van der Waals surface area contributed by atoms with E-state index in [1.807, 2.05) is 24.3 Å². The molecule has 0 radical (unpaired) electrons. The summed E-state index contributed by atoms with van der Waals surface area (Å²) in [7, 11) is 0. The highest BCUT2D eigenvalue weighted by molar-refractivity contribution is 9.10. The van der Waals surface area contributed by atoms with E-state index in [4.69, 9.17) is 0 Å². The molecule has 1 aromatic carbocycles. The first kappa shape index (κ1) is 10.2. The molecule has 15 heavy (non-hydrogen) atoms. The molecular formula is C12H11BrN2. The first-order valence-corrected chi connectivity index (χ1v) is 5.49. The third kappa shape index (κ3) is 2.57. The predicted molar refractivity (Wildman–Crippen MR) is 66.4 cm³/mol. The standard InChI is InChI=1S/C12H11BrN2/c1-9-4-2-5-10(8-9)15-12-11(13)6-3-7-14-12/h2-8H,1H3,(H,14,15). The van der Waals surface area contributed by atoms with E-state index in [2.05, 4.69) is 45.3 Å². The van der Waals surface area contributed by atoms with E-state index in [0.29, 0.717) is 0 Å². The van der Waals surface area contributed by atoms with Gasteiger partial charge in [0.25, 0.3) is 0 Å². The van der Waals surface area contributed by atoms with Crippen molar-refractivity contribution in [3.63, 3.8) is 0 Å². The first-order chi connectivity index (χ1) is 7.25. The molecule has 0 aliphatic carbocycles. The molecule has 0 fully saturated rings. The summed E-state index contributed by atoms with van der Waals surface area (Å²) in [6, 6.07) is 12.1. The van der Waals surface area contributed by atoms with E-state index in [-0.39, 0.29) is 0 Å². The predicted octanol–water partition coefficient (Wildman–Crippen LogP) is 3.90. The van der Waals surface area contributed by atoms with Crippen LogP contribution in [0.2, 0.25) is 0 Å². The van der Waals surface area contributed by atoms with Gasteiger partial charge in [-0.05, 0) is 52.7 Å². The van der Waals surface area contributed by atoms with Crippen molar-refractivity contribution in [1.29, 1.82) is 0 Å². The second-order valence-corrected chi connectivity index (χ2v) is 4.18. The summed E-state index contributed by atoms with van der Waals surface area (Å²) in [4.78, 5) is 4.25. The van der Waals surface area contributed by atoms with Gasteiger partial charge in [-0.25, -0.2) is 4.98 Å². The number of aryl methyl sites for hydroxylation is 1. The van der Waals surface area contributed by atoms with Gasteiger partial charge in [0, 0.05) is 11.9 Å². The Morgan fingerprint density at radius 2 is 2.07 bits per heavy atom. The van der Waals surface area contributed by atoms with Crippen LogP contribution in [0.4, 0.5) is 11.5 Å². The van der Waals surface area contributed by atoms with Crippen LogP contribution >= 0.6 is 15.9 Å². The minimum atomic E-state index is 0.836. The van der Waals surface area contributed by atoms with Crippen molar-refractivity contribution in [2.24, 2.45) is 0 Å². The fourth-order valence-corrected chi connectivity index (χ4v) is 1.69. The molecular weight excluding hydrogens is 252 g/mol. The summed E-state index contributed by atoms with van der Waals surface area (Å²) in [5, 5.41) is 3.26. The SMILES string of the molecule is Cc1cccc(Nc2ncccc2Br)c1. The minimum absolute atomic E-state index is 0.836. The average molecular weight is 263 g/mol. The molecule has 76 valence electrons. The minimum Gasteiger partial charge on any atom is -0.339 e. The highest BCUT2D eigenvalue weighted by Gasteiger charge is 1.99. The lowest BCUT2D eigenvalue weighted by Crippen LogP contribution is -1.94. The maximum Gasteiger partial charge on any atom is 0.144 e. The lowest BCUT2D eigenvalue weighted by atomic mass is 10.2. The monoisotopic (exact) mass is 262 g/mol. The molecule has 0 aliphatic heterocycles. The Kier molecular flexibility index (Phi) is 3.02. The van der Waals surface area contributed by atoms with Crippen LogP contribution in [0.5, 0.6) is 0 Å². The summed E-state index contributed by atoms with van der Waals surface area (Å²) in [6.07, 6.45) is 1.77. The Balaban J connectivity index is 2.26. The fraction of sp³-hybridized carbons (Fsp3) is 0.0833. The van der Waals surface area contributed by atoms with Crippen LogP contribution in [0, 0.1) is 6.92 Å². The number of rotatable bonds is 2. The number of nitrogens with one attached hydrogen (secondary N) is 1. The summed E-state index contributed by atoms with van der Waals surface area (Å²) in [5.74, 6) is 0.836. The molecule has 3 heteroatoms. The Morgan fingerprint density at radius 3 is 2.80 bits per heavy atom. The molecule has 1 aromatic heterocycles. The first-order valence-electron chi connectivity index (χ1n) is 4.70. The number of halogens is 1. The quantitative estimate of drug-likeness (QED) is 0.888. The zero-order valence-corrected chi connectivity index (χ0v) is 9.95. The zero-order valence-electron chi connectivity index (χ0n) is 8.37. The molecule has 0 atom stereocenters. The van der Waals surface area contributed by atoms with Gasteiger partial charge in [0.1, 0.15) is 5.82 Å². The van der Waals surface area contributed by atoms with Gasteiger partial charge < -0.3 is 5.32 Å². The molecule has 2 nitrogen and oxygen atoms in total. The molecule has 1 heterocycles. The van der Waals surface area contributed by atoms with Gasteiger partial charge in [0.05, 0.1) is 4.47 Å². The van der Waals surface area contributed by atoms with Crippen molar-refractivity contribution >= 4 is 27.4 Å². The second kappa shape index (κ2) is 4.45. The topological polar surface area (TPSA) is 24.9 Å². The summed E-state index contributed by atoms with van der Waals surface area (Å²) in [5.41, 5.74) is 2.28. The molecule has 0 spiro atoms. The molecule has 0 saturated carbocycles. The van der Waals surface area contributed by atoms with Gasteiger partial charge in [-0.3, -0.25) is 0 Å². The van der Waals surface area contributed by atoms with Crippen LogP contribution in [0.25, 0.3) is 0 Å². The van der Waals surface area contributed by atoms with Crippen LogP contribution in [-0.4, -0.2) is 4.98 Å². The van der Waals surface area contributed by atoms with Crippen molar-refractivity contribution in [2.75, 3.05) is 5.32 Å². The molecule has 0 aliphatic rings. The molecule has 0 amide bonds. The summed E-state index contributed by atoms with van der Waals surface area (Å²) in [6.45, 7) is 2.07. The van der Waals surface area contributed by atoms with E-state index < -0.39 is 0 Å². The molecule has 2 rings (SSSR count). The molecule has 0 unspecified atom stereocenters. The van der Waals surface area contributed by atoms with Crippen molar-refractivity contribution in [3.8, 4) is 0 Å². The molecule has 1 N–H and O–H groups in total. The van der Waals surface area contributed by atoms with Crippen LogP contribution in [-0.2, 0) is 0 Å². The number of aromatic nitrogens is 1. The molecule has 0 bridgehead atoms. The molecule has 2 aromatic rings.